The summed E-state index contributed by atoms with van der Waals surface area (Å²) in [6, 6.07) is 23.4. The maximum absolute atomic E-state index is 13.8. The summed E-state index contributed by atoms with van der Waals surface area (Å²) in [7, 11) is 0. The predicted molar refractivity (Wildman–Crippen MR) is 220 cm³/mol. The van der Waals surface area contributed by atoms with E-state index in [0.29, 0.717) is 47.7 Å². The van der Waals surface area contributed by atoms with Crippen molar-refractivity contribution < 1.29 is 29.0 Å². The van der Waals surface area contributed by atoms with Gasteiger partial charge in [-0.15, -0.1) is 0 Å². The number of aliphatic carboxylic acids is 1. The van der Waals surface area contributed by atoms with Gasteiger partial charge in [-0.2, -0.15) is 0 Å². The highest BCUT2D eigenvalue weighted by Crippen LogP contribution is 2.34. The van der Waals surface area contributed by atoms with E-state index in [1.54, 1.807) is 0 Å². The molecule has 0 atom stereocenters. The summed E-state index contributed by atoms with van der Waals surface area (Å²) >= 11 is 1.45. The van der Waals surface area contributed by atoms with E-state index in [2.05, 4.69) is 21.3 Å². The Balaban J connectivity index is 1.06. The second-order valence-corrected chi connectivity index (χ2v) is 16.7. The number of pyridine rings is 1. The smallest absolute Gasteiger partial charge is 0.358 e. The Kier molecular flexibility index (Phi) is 11.7. The number of carbonyl (C=O) groups is 3. The van der Waals surface area contributed by atoms with E-state index in [1.807, 2.05) is 99.3 Å². The first kappa shape index (κ1) is 38.9. The van der Waals surface area contributed by atoms with Gasteiger partial charge in [-0.3, -0.25) is 19.8 Å². The highest BCUT2D eigenvalue weighted by molar-refractivity contribution is 7.22. The number of anilines is 2. The number of nitrogens with one attached hydrogen (secondary N) is 1. The van der Waals surface area contributed by atoms with Crippen LogP contribution in [0.3, 0.4) is 0 Å². The van der Waals surface area contributed by atoms with Crippen LogP contribution in [0.25, 0.3) is 21.3 Å². The number of carboxylic acid groups (broad SMARTS) is 1. The van der Waals surface area contributed by atoms with Crippen LogP contribution in [0.1, 0.15) is 84.0 Å². The van der Waals surface area contributed by atoms with E-state index in [9.17, 15) is 14.4 Å². The summed E-state index contributed by atoms with van der Waals surface area (Å²) in [5.41, 5.74) is 5.47. The van der Waals surface area contributed by atoms with Gasteiger partial charge in [0.1, 0.15) is 17.2 Å². The molecular weight excluding hydrogens is 727 g/mol. The number of para-hydroxylation sites is 1. The van der Waals surface area contributed by atoms with Crippen LogP contribution in [0.4, 0.5) is 10.9 Å². The average Bonchev–Trinajstić information content (AvgIpc) is 3.58. The number of piperidine rings is 1. The lowest BCUT2D eigenvalue weighted by molar-refractivity contribution is -0.138. The molecule has 1 saturated heterocycles. The quantitative estimate of drug-likeness (QED) is 0.0940. The summed E-state index contributed by atoms with van der Waals surface area (Å²) in [5, 5.41) is 12.6. The Morgan fingerprint density at radius 2 is 1.73 bits per heavy atom. The van der Waals surface area contributed by atoms with E-state index in [-0.39, 0.29) is 18.1 Å². The third kappa shape index (κ3) is 9.37. The molecule has 7 rings (SSSR count). The number of hydrogen-bond acceptors (Lipinski definition) is 10. The SMILES string of the molecule is Cc1cc(OCCCC2CCN(CC(=O)O)CC2)ccc1-c1ccc(N2CCc3cccc(C(=O)Nc4nc5ccccc5s4)c3C2)nc1C(=O)OC(C)(C)C. The number of thiazole rings is 1. The molecule has 0 saturated carbocycles. The zero-order valence-corrected chi connectivity index (χ0v) is 33.3. The van der Waals surface area contributed by atoms with Crippen molar-refractivity contribution in [2.45, 2.75) is 71.9 Å². The van der Waals surface area contributed by atoms with E-state index in [4.69, 9.17) is 19.6 Å². The van der Waals surface area contributed by atoms with Gasteiger partial charge in [0, 0.05) is 24.2 Å². The van der Waals surface area contributed by atoms with Crippen molar-refractivity contribution in [1.29, 1.82) is 0 Å². The van der Waals surface area contributed by atoms with E-state index in [1.165, 1.54) is 11.3 Å². The van der Waals surface area contributed by atoms with Crippen LogP contribution in [0.5, 0.6) is 5.75 Å². The molecule has 56 heavy (non-hydrogen) atoms. The minimum absolute atomic E-state index is 0.119. The molecular formula is C44H49N5O6S. The lowest BCUT2D eigenvalue weighted by Crippen LogP contribution is -2.37. The Morgan fingerprint density at radius 1 is 0.946 bits per heavy atom. The Labute approximate surface area is 331 Å². The van der Waals surface area contributed by atoms with Crippen molar-refractivity contribution in [3.8, 4) is 16.9 Å². The van der Waals surface area contributed by atoms with Crippen molar-refractivity contribution in [3.05, 3.63) is 101 Å². The largest absolute Gasteiger partial charge is 0.494 e. The predicted octanol–water partition coefficient (Wildman–Crippen LogP) is 8.39. The fourth-order valence-corrected chi connectivity index (χ4v) is 8.48. The van der Waals surface area contributed by atoms with Crippen molar-refractivity contribution in [2.24, 2.45) is 5.92 Å². The Morgan fingerprint density at radius 3 is 2.48 bits per heavy atom. The number of likely N-dealkylation sites (tertiary alicyclic amines) is 1. The van der Waals surface area contributed by atoms with Crippen LogP contribution >= 0.6 is 11.3 Å². The molecule has 5 aromatic rings. The zero-order chi connectivity index (χ0) is 39.4. The number of nitrogens with zero attached hydrogens (tertiary/aromatic N) is 4. The molecule has 11 nitrogen and oxygen atoms in total. The van der Waals surface area contributed by atoms with E-state index < -0.39 is 17.5 Å². The van der Waals surface area contributed by atoms with Gasteiger partial charge >= 0.3 is 11.9 Å². The van der Waals surface area contributed by atoms with Gasteiger partial charge in [0.2, 0.25) is 0 Å². The molecule has 2 aromatic heterocycles. The van der Waals surface area contributed by atoms with Gasteiger partial charge in [0.25, 0.3) is 5.91 Å². The summed E-state index contributed by atoms with van der Waals surface area (Å²) in [4.78, 5) is 52.1. The van der Waals surface area contributed by atoms with Crippen molar-refractivity contribution in [2.75, 3.05) is 43.0 Å². The maximum atomic E-state index is 13.8. The topological polar surface area (TPSA) is 134 Å². The number of benzene rings is 3. The number of esters is 1. The van der Waals surface area contributed by atoms with Crippen LogP contribution in [0.2, 0.25) is 0 Å². The van der Waals surface area contributed by atoms with Gasteiger partial charge < -0.3 is 19.5 Å². The fraction of sp³-hybridized carbons (Fsp3) is 0.386. The molecule has 12 heteroatoms. The first-order chi connectivity index (χ1) is 26.9. The number of aryl methyl sites for hydroxylation is 1. The Bertz CT molecular complexity index is 2210. The highest BCUT2D eigenvalue weighted by atomic mass is 32.1. The van der Waals surface area contributed by atoms with Crippen LogP contribution < -0.4 is 15.0 Å². The molecule has 0 spiro atoms. The zero-order valence-electron chi connectivity index (χ0n) is 32.5. The molecule has 0 bridgehead atoms. The van der Waals surface area contributed by atoms with Gasteiger partial charge in [-0.1, -0.05) is 41.7 Å². The Hall–Kier alpha value is -5.33. The molecule has 0 radical (unpaired) electrons. The van der Waals surface area contributed by atoms with E-state index >= 15 is 0 Å². The van der Waals surface area contributed by atoms with Gasteiger partial charge in [0.05, 0.1) is 23.4 Å². The monoisotopic (exact) mass is 775 g/mol. The third-order valence-corrected chi connectivity index (χ3v) is 11.4. The number of amides is 1. The standard InChI is InChI=1S/C44H49N5O6S/c1-28-25-31(54-24-8-9-29-18-21-48(22-19-29)27-39(50)51)14-15-32(28)33-16-17-38(46-40(33)42(53)55-44(2,3)4)49-23-20-30-10-7-11-34(35(30)26-49)41(52)47-43-45-36-12-5-6-13-37(36)56-43/h5-7,10-17,25,29H,8-9,18-24,26-27H2,1-4H3,(H,50,51)(H,45,47,52). The van der Waals surface area contributed by atoms with Crippen LogP contribution in [0.15, 0.2) is 72.8 Å². The van der Waals surface area contributed by atoms with Crippen molar-refractivity contribution in [3.63, 3.8) is 0 Å². The van der Waals surface area contributed by atoms with Crippen LogP contribution in [0, 0.1) is 12.8 Å². The summed E-state index contributed by atoms with van der Waals surface area (Å²) < 4.78 is 13.0. The summed E-state index contributed by atoms with van der Waals surface area (Å²) in [5.74, 6) is 0.505. The minimum atomic E-state index is -0.767. The minimum Gasteiger partial charge on any atom is -0.494 e. The molecule has 2 N–H and O–H groups in total. The molecule has 292 valence electrons. The molecule has 0 unspecified atom stereocenters. The first-order valence-electron chi connectivity index (χ1n) is 19.3. The number of carboxylic acids is 1. The first-order valence-corrected chi connectivity index (χ1v) is 20.2. The fourth-order valence-electron chi connectivity index (χ4n) is 7.62. The molecule has 2 aliphatic heterocycles. The maximum Gasteiger partial charge on any atom is 0.358 e. The number of carbonyl (C=O) groups excluding carboxylic acids is 2. The molecule has 2 aliphatic rings. The molecule has 4 heterocycles. The number of aromatic nitrogens is 2. The van der Waals surface area contributed by atoms with Gasteiger partial charge in [0.15, 0.2) is 10.8 Å². The van der Waals surface area contributed by atoms with Crippen LogP contribution in [-0.4, -0.2) is 76.2 Å². The second kappa shape index (κ2) is 16.8. The summed E-state index contributed by atoms with van der Waals surface area (Å²) in [6.45, 7) is 11.0. The molecule has 1 amide bonds. The van der Waals surface area contributed by atoms with Crippen molar-refractivity contribution >= 4 is 50.3 Å². The summed E-state index contributed by atoms with van der Waals surface area (Å²) in [6.07, 6.45) is 4.73. The number of fused-ring (bicyclic) bond motifs is 2. The second-order valence-electron chi connectivity index (χ2n) is 15.7. The van der Waals surface area contributed by atoms with Gasteiger partial charge in [-0.25, -0.2) is 14.8 Å². The average molecular weight is 776 g/mol. The van der Waals surface area contributed by atoms with Gasteiger partial charge in [-0.05, 0) is 144 Å². The number of hydrogen-bond donors (Lipinski definition) is 2. The highest BCUT2D eigenvalue weighted by Gasteiger charge is 2.28. The third-order valence-electron chi connectivity index (χ3n) is 10.4. The lowest BCUT2D eigenvalue weighted by atomic mass is 9.92. The number of ether oxygens (including phenoxy) is 2. The van der Waals surface area contributed by atoms with Crippen LogP contribution in [-0.2, 0) is 22.5 Å². The van der Waals surface area contributed by atoms with E-state index in [0.717, 1.165) is 83.4 Å². The molecule has 3 aromatic carbocycles. The molecule has 0 aliphatic carbocycles. The van der Waals surface area contributed by atoms with Crippen molar-refractivity contribution in [1.82, 2.24) is 14.9 Å². The number of rotatable bonds is 12. The molecule has 1 fully saturated rings. The normalized spacial score (nSPS) is 15.0. The lowest BCUT2D eigenvalue weighted by Gasteiger charge is -2.31.